The molecular formula is C20H29BN2O3. The van der Waals surface area contributed by atoms with Crippen LogP contribution in [0.1, 0.15) is 68.9 Å². The molecule has 2 amide bonds. The van der Waals surface area contributed by atoms with Crippen molar-refractivity contribution in [3.63, 3.8) is 0 Å². The largest absolute Gasteiger partial charge is 0.522 e. The van der Waals surface area contributed by atoms with Crippen LogP contribution in [0.2, 0.25) is 0 Å². The monoisotopic (exact) mass is 356 g/mol. The zero-order valence-electron chi connectivity index (χ0n) is 15.7. The van der Waals surface area contributed by atoms with Gasteiger partial charge in [0.2, 0.25) is 0 Å². The van der Waals surface area contributed by atoms with Gasteiger partial charge in [-0.15, -0.1) is 0 Å². The summed E-state index contributed by atoms with van der Waals surface area (Å²) in [5, 5.41) is 5.94. The SMILES string of the molecule is Cc1ccc2c(c1)CCCCCC(=O)OB2NC(=O)NC1CCCCC1. The smallest absolute Gasteiger partial charge is 0.511 e. The molecule has 1 heterocycles. The molecule has 1 aromatic rings. The molecule has 0 aromatic heterocycles. The maximum absolute atomic E-state index is 12.5. The van der Waals surface area contributed by atoms with Crippen LogP contribution in [-0.4, -0.2) is 25.1 Å². The number of fused-ring (bicyclic) bond motifs is 1. The molecule has 0 unspecified atom stereocenters. The Morgan fingerprint density at radius 3 is 2.62 bits per heavy atom. The van der Waals surface area contributed by atoms with Crippen molar-refractivity contribution in [2.75, 3.05) is 0 Å². The number of aryl methyl sites for hydroxylation is 2. The lowest BCUT2D eigenvalue weighted by Crippen LogP contribution is -2.56. The highest BCUT2D eigenvalue weighted by molar-refractivity contribution is 6.69. The van der Waals surface area contributed by atoms with Crippen LogP contribution in [0.25, 0.3) is 0 Å². The number of amides is 2. The van der Waals surface area contributed by atoms with Crippen LogP contribution < -0.4 is 16.0 Å². The molecule has 1 fully saturated rings. The molecule has 5 nitrogen and oxygen atoms in total. The second-order valence-corrected chi connectivity index (χ2v) is 7.59. The summed E-state index contributed by atoms with van der Waals surface area (Å²) < 4.78 is 5.64. The number of hydrogen-bond donors (Lipinski definition) is 2. The lowest BCUT2D eigenvalue weighted by Gasteiger charge is -2.25. The van der Waals surface area contributed by atoms with E-state index >= 15 is 0 Å². The summed E-state index contributed by atoms with van der Waals surface area (Å²) in [6.45, 7) is 2.06. The minimum Gasteiger partial charge on any atom is -0.511 e. The van der Waals surface area contributed by atoms with Gasteiger partial charge in [0, 0.05) is 12.5 Å². The zero-order valence-corrected chi connectivity index (χ0v) is 15.7. The summed E-state index contributed by atoms with van der Waals surface area (Å²) >= 11 is 0. The fourth-order valence-corrected chi connectivity index (χ4v) is 3.92. The summed E-state index contributed by atoms with van der Waals surface area (Å²) in [5.41, 5.74) is 3.23. The van der Waals surface area contributed by atoms with E-state index < -0.39 is 7.05 Å². The van der Waals surface area contributed by atoms with Crippen molar-refractivity contribution >= 4 is 24.5 Å². The highest BCUT2D eigenvalue weighted by Crippen LogP contribution is 2.17. The summed E-state index contributed by atoms with van der Waals surface area (Å²) in [6, 6.07) is 6.09. The Bertz CT molecular complexity index is 644. The Labute approximate surface area is 156 Å². The number of benzene rings is 1. The van der Waals surface area contributed by atoms with Crippen molar-refractivity contribution in [3.05, 3.63) is 29.3 Å². The van der Waals surface area contributed by atoms with E-state index in [4.69, 9.17) is 4.65 Å². The molecule has 6 heteroatoms. The van der Waals surface area contributed by atoms with Crippen LogP contribution in [0.4, 0.5) is 4.79 Å². The van der Waals surface area contributed by atoms with Gasteiger partial charge >= 0.3 is 13.1 Å². The van der Waals surface area contributed by atoms with E-state index in [1.54, 1.807) is 0 Å². The molecule has 2 aliphatic rings. The predicted octanol–water partition coefficient (Wildman–Crippen LogP) is 2.98. The van der Waals surface area contributed by atoms with Crippen LogP contribution in [0.15, 0.2) is 18.2 Å². The van der Waals surface area contributed by atoms with Crippen LogP contribution in [0.3, 0.4) is 0 Å². The molecular weight excluding hydrogens is 327 g/mol. The van der Waals surface area contributed by atoms with Crippen LogP contribution in [0, 0.1) is 6.92 Å². The van der Waals surface area contributed by atoms with E-state index in [2.05, 4.69) is 23.5 Å². The highest BCUT2D eigenvalue weighted by atomic mass is 16.5. The van der Waals surface area contributed by atoms with E-state index in [1.165, 1.54) is 12.0 Å². The van der Waals surface area contributed by atoms with Gasteiger partial charge in [-0.3, -0.25) is 9.59 Å². The molecule has 140 valence electrons. The zero-order chi connectivity index (χ0) is 18.4. The van der Waals surface area contributed by atoms with E-state index in [1.807, 2.05) is 12.1 Å². The number of rotatable bonds is 2. The Morgan fingerprint density at radius 1 is 1.08 bits per heavy atom. The van der Waals surface area contributed by atoms with Gasteiger partial charge in [-0.05, 0) is 50.1 Å². The first-order valence-corrected chi connectivity index (χ1v) is 9.98. The molecule has 0 saturated heterocycles. The van der Waals surface area contributed by atoms with Gasteiger partial charge < -0.3 is 15.2 Å². The summed E-state index contributed by atoms with van der Waals surface area (Å²) in [6.07, 6.45) is 9.85. The Kier molecular flexibility index (Phi) is 6.59. The number of nitrogens with one attached hydrogen (secondary N) is 2. The first-order valence-electron chi connectivity index (χ1n) is 9.98. The van der Waals surface area contributed by atoms with E-state index in [-0.39, 0.29) is 18.0 Å². The van der Waals surface area contributed by atoms with Gasteiger partial charge in [-0.25, -0.2) is 0 Å². The van der Waals surface area contributed by atoms with Gasteiger partial charge in [-0.1, -0.05) is 49.4 Å². The lowest BCUT2D eigenvalue weighted by atomic mass is 9.69. The highest BCUT2D eigenvalue weighted by Gasteiger charge is 2.30. The average Bonchev–Trinajstić information content (AvgIpc) is 2.61. The van der Waals surface area contributed by atoms with Crippen molar-refractivity contribution in [1.82, 2.24) is 10.5 Å². The number of hydrogen-bond acceptors (Lipinski definition) is 3. The summed E-state index contributed by atoms with van der Waals surface area (Å²) in [4.78, 5) is 24.7. The average molecular weight is 356 g/mol. The topological polar surface area (TPSA) is 67.4 Å². The first-order chi connectivity index (χ1) is 12.6. The van der Waals surface area contributed by atoms with E-state index in [0.29, 0.717) is 6.42 Å². The van der Waals surface area contributed by atoms with Gasteiger partial charge in [0.25, 0.3) is 5.97 Å². The molecule has 2 N–H and O–H groups in total. The van der Waals surface area contributed by atoms with Crippen molar-refractivity contribution in [2.24, 2.45) is 0 Å². The van der Waals surface area contributed by atoms with Crippen molar-refractivity contribution in [2.45, 2.75) is 77.2 Å². The second kappa shape index (κ2) is 9.10. The fraction of sp³-hybridized carbons (Fsp3) is 0.600. The van der Waals surface area contributed by atoms with Gasteiger partial charge in [0.1, 0.15) is 0 Å². The van der Waals surface area contributed by atoms with Crippen molar-refractivity contribution in [3.8, 4) is 0 Å². The Hall–Kier alpha value is -1.98. The quantitative estimate of drug-likeness (QED) is 0.801. The molecule has 3 rings (SSSR count). The third kappa shape index (κ3) is 5.26. The van der Waals surface area contributed by atoms with Crippen LogP contribution in [0.5, 0.6) is 0 Å². The van der Waals surface area contributed by atoms with E-state index in [9.17, 15) is 9.59 Å². The molecule has 26 heavy (non-hydrogen) atoms. The molecule has 0 spiro atoms. The minimum absolute atomic E-state index is 0.219. The molecule has 1 aromatic carbocycles. The van der Waals surface area contributed by atoms with Gasteiger partial charge in [0.15, 0.2) is 0 Å². The lowest BCUT2D eigenvalue weighted by molar-refractivity contribution is -0.134. The van der Waals surface area contributed by atoms with Crippen molar-refractivity contribution < 1.29 is 14.2 Å². The predicted molar refractivity (Wildman–Crippen MR) is 103 cm³/mol. The molecule has 0 atom stereocenters. The standard InChI is InChI=1S/C20H29BN2O3/c1-15-12-13-18-16(14-15)8-4-2-7-11-19(24)26-21(18)23-20(25)22-17-9-5-3-6-10-17/h12-14,17H,2-11H2,1H3,(H2,22,23,25). The number of carbonyl (C=O) groups is 2. The molecule has 0 radical (unpaired) electrons. The van der Waals surface area contributed by atoms with Crippen molar-refractivity contribution in [1.29, 1.82) is 0 Å². The Balaban J connectivity index is 1.75. The maximum Gasteiger partial charge on any atom is 0.522 e. The van der Waals surface area contributed by atoms with E-state index in [0.717, 1.165) is 62.4 Å². The van der Waals surface area contributed by atoms with Gasteiger partial charge in [-0.2, -0.15) is 0 Å². The molecule has 1 aliphatic carbocycles. The molecule has 1 saturated carbocycles. The van der Waals surface area contributed by atoms with Crippen LogP contribution >= 0.6 is 0 Å². The molecule has 0 bridgehead atoms. The van der Waals surface area contributed by atoms with Gasteiger partial charge in [0.05, 0.1) is 0 Å². The second-order valence-electron chi connectivity index (χ2n) is 7.59. The normalized spacial score (nSPS) is 19.3. The van der Waals surface area contributed by atoms with Crippen LogP contribution in [-0.2, 0) is 15.9 Å². The summed E-state index contributed by atoms with van der Waals surface area (Å²) in [7, 11) is -0.722. The fourth-order valence-electron chi connectivity index (χ4n) is 3.92. The third-order valence-corrected chi connectivity index (χ3v) is 5.36. The first kappa shape index (κ1) is 18.8. The Morgan fingerprint density at radius 2 is 1.81 bits per heavy atom. The third-order valence-electron chi connectivity index (χ3n) is 5.36. The number of carbonyl (C=O) groups excluding carboxylic acids is 2. The molecule has 1 aliphatic heterocycles. The minimum atomic E-state index is -0.722. The summed E-state index contributed by atoms with van der Waals surface area (Å²) in [5.74, 6) is -0.249. The maximum atomic E-state index is 12.5. The number of urea groups is 1.